The van der Waals surface area contributed by atoms with Gasteiger partial charge in [-0.05, 0) is 31.0 Å². The second-order valence-electron chi connectivity index (χ2n) is 4.02. The number of rotatable bonds is 2. The lowest BCUT2D eigenvalue weighted by molar-refractivity contribution is 0.579. The Morgan fingerprint density at radius 2 is 1.87 bits per heavy atom. The van der Waals surface area contributed by atoms with E-state index in [4.69, 9.17) is 5.73 Å². The Bertz CT molecular complexity index is 447. The van der Waals surface area contributed by atoms with Crippen LogP contribution in [0, 0.1) is 0 Å². The Hall–Kier alpha value is -1.03. The minimum Gasteiger partial charge on any atom is -0.399 e. The lowest BCUT2D eigenvalue weighted by Gasteiger charge is -2.11. The van der Waals surface area contributed by atoms with E-state index in [2.05, 4.69) is 0 Å². The molecule has 0 aromatic heterocycles. The Morgan fingerprint density at radius 3 is 2.47 bits per heavy atom. The number of hydrogen-bond donors (Lipinski definition) is 1. The molecule has 4 heteroatoms. The monoisotopic (exact) mass is 225 g/mol. The van der Waals surface area contributed by atoms with Crippen molar-refractivity contribution in [2.75, 3.05) is 5.73 Å². The standard InChI is InChI=1S/C11H15NO2S/c12-9-4-3-7-11(8-9)15(13,14)10-5-1-2-6-10/h3-4,7-8,10H,1-2,5-6,12H2. The van der Waals surface area contributed by atoms with E-state index in [-0.39, 0.29) is 5.25 Å². The zero-order valence-corrected chi connectivity index (χ0v) is 9.33. The third-order valence-corrected chi connectivity index (χ3v) is 5.19. The maximum absolute atomic E-state index is 12.1. The molecule has 0 aliphatic heterocycles. The van der Waals surface area contributed by atoms with Crippen molar-refractivity contribution in [1.29, 1.82) is 0 Å². The summed E-state index contributed by atoms with van der Waals surface area (Å²) in [4.78, 5) is 0.370. The van der Waals surface area contributed by atoms with Crippen LogP contribution in [0.2, 0.25) is 0 Å². The normalized spacial score (nSPS) is 18.1. The smallest absolute Gasteiger partial charge is 0.181 e. The number of hydrogen-bond acceptors (Lipinski definition) is 3. The molecule has 82 valence electrons. The summed E-state index contributed by atoms with van der Waals surface area (Å²) < 4.78 is 24.3. The van der Waals surface area contributed by atoms with Crippen LogP contribution in [0.25, 0.3) is 0 Å². The Morgan fingerprint density at radius 1 is 1.20 bits per heavy atom. The molecule has 0 heterocycles. The summed E-state index contributed by atoms with van der Waals surface area (Å²) in [5, 5.41) is -0.195. The van der Waals surface area contributed by atoms with E-state index in [1.165, 1.54) is 0 Å². The highest BCUT2D eigenvalue weighted by molar-refractivity contribution is 7.92. The molecule has 1 fully saturated rings. The number of sulfone groups is 1. The van der Waals surface area contributed by atoms with Gasteiger partial charge in [0.2, 0.25) is 0 Å². The summed E-state index contributed by atoms with van der Waals surface area (Å²) in [7, 11) is -3.14. The van der Waals surface area contributed by atoms with Crippen LogP contribution in [0.5, 0.6) is 0 Å². The lowest BCUT2D eigenvalue weighted by atomic mass is 10.3. The Labute approximate surface area is 90.2 Å². The molecule has 2 N–H and O–H groups in total. The van der Waals surface area contributed by atoms with Gasteiger partial charge in [-0.25, -0.2) is 8.42 Å². The molecule has 1 saturated carbocycles. The van der Waals surface area contributed by atoms with Crippen LogP contribution in [0.3, 0.4) is 0 Å². The second kappa shape index (κ2) is 3.85. The van der Waals surface area contributed by atoms with Gasteiger partial charge in [0.25, 0.3) is 0 Å². The molecule has 0 unspecified atom stereocenters. The molecule has 0 spiro atoms. The van der Waals surface area contributed by atoms with Crippen LogP contribution in [0.15, 0.2) is 29.2 Å². The van der Waals surface area contributed by atoms with Crippen LogP contribution in [0.1, 0.15) is 25.7 Å². The van der Waals surface area contributed by atoms with Gasteiger partial charge < -0.3 is 5.73 Å². The fourth-order valence-electron chi connectivity index (χ4n) is 2.08. The van der Waals surface area contributed by atoms with Gasteiger partial charge in [-0.1, -0.05) is 18.9 Å². The molecule has 1 aliphatic rings. The van der Waals surface area contributed by atoms with Gasteiger partial charge in [0.05, 0.1) is 10.1 Å². The van der Waals surface area contributed by atoms with Gasteiger partial charge in [-0.2, -0.15) is 0 Å². The first-order chi connectivity index (χ1) is 7.10. The van der Waals surface area contributed by atoms with Gasteiger partial charge in [0, 0.05) is 5.69 Å². The fourth-order valence-corrected chi connectivity index (χ4v) is 3.99. The van der Waals surface area contributed by atoms with Gasteiger partial charge in [0.1, 0.15) is 0 Å². The summed E-state index contributed by atoms with van der Waals surface area (Å²) in [5.41, 5.74) is 6.10. The third kappa shape index (κ3) is 2.00. The van der Waals surface area contributed by atoms with Crippen LogP contribution >= 0.6 is 0 Å². The van der Waals surface area contributed by atoms with Crippen molar-refractivity contribution in [3.05, 3.63) is 24.3 Å². The Kier molecular flexibility index (Phi) is 2.69. The number of benzene rings is 1. The van der Waals surface area contributed by atoms with Crippen LogP contribution in [0.4, 0.5) is 5.69 Å². The van der Waals surface area contributed by atoms with E-state index < -0.39 is 9.84 Å². The quantitative estimate of drug-likeness (QED) is 0.783. The number of anilines is 1. The van der Waals surface area contributed by atoms with E-state index in [0.717, 1.165) is 25.7 Å². The molecule has 1 aromatic carbocycles. The zero-order chi connectivity index (χ0) is 10.9. The van der Waals surface area contributed by atoms with Crippen LogP contribution < -0.4 is 5.73 Å². The van der Waals surface area contributed by atoms with E-state index in [1.54, 1.807) is 24.3 Å². The maximum atomic E-state index is 12.1. The van der Waals surface area contributed by atoms with E-state index in [1.807, 2.05) is 0 Å². The van der Waals surface area contributed by atoms with Gasteiger partial charge in [-0.15, -0.1) is 0 Å². The highest BCUT2D eigenvalue weighted by atomic mass is 32.2. The summed E-state index contributed by atoms with van der Waals surface area (Å²) >= 11 is 0. The summed E-state index contributed by atoms with van der Waals surface area (Å²) in [6.07, 6.45) is 3.62. The van der Waals surface area contributed by atoms with Crippen molar-refractivity contribution in [1.82, 2.24) is 0 Å². The topological polar surface area (TPSA) is 60.2 Å². The zero-order valence-electron chi connectivity index (χ0n) is 8.52. The molecular formula is C11H15NO2S. The van der Waals surface area contributed by atoms with Crippen LogP contribution in [-0.2, 0) is 9.84 Å². The molecule has 0 bridgehead atoms. The molecule has 2 rings (SSSR count). The van der Waals surface area contributed by atoms with Crippen molar-refractivity contribution >= 4 is 15.5 Å². The van der Waals surface area contributed by atoms with Crippen molar-refractivity contribution in [2.24, 2.45) is 0 Å². The molecule has 1 aliphatic carbocycles. The van der Waals surface area contributed by atoms with E-state index >= 15 is 0 Å². The third-order valence-electron chi connectivity index (χ3n) is 2.93. The number of nitrogens with two attached hydrogens (primary N) is 1. The second-order valence-corrected chi connectivity index (χ2v) is 6.25. The summed E-state index contributed by atoms with van der Waals surface area (Å²) in [5.74, 6) is 0. The van der Waals surface area contributed by atoms with Crippen molar-refractivity contribution in [3.63, 3.8) is 0 Å². The fraction of sp³-hybridized carbons (Fsp3) is 0.455. The first-order valence-corrected chi connectivity index (χ1v) is 6.75. The highest BCUT2D eigenvalue weighted by Crippen LogP contribution is 2.29. The van der Waals surface area contributed by atoms with Gasteiger partial charge >= 0.3 is 0 Å². The first-order valence-electron chi connectivity index (χ1n) is 5.20. The summed E-state index contributed by atoms with van der Waals surface area (Å²) in [6.45, 7) is 0. The highest BCUT2D eigenvalue weighted by Gasteiger charge is 2.30. The molecule has 3 nitrogen and oxygen atoms in total. The summed E-state index contributed by atoms with van der Waals surface area (Å²) in [6, 6.07) is 6.57. The lowest BCUT2D eigenvalue weighted by Crippen LogP contribution is -2.17. The first kappa shape index (κ1) is 10.5. The van der Waals surface area contributed by atoms with Crippen LogP contribution in [-0.4, -0.2) is 13.7 Å². The molecule has 1 aromatic rings. The van der Waals surface area contributed by atoms with Gasteiger partial charge in [0.15, 0.2) is 9.84 Å². The largest absolute Gasteiger partial charge is 0.399 e. The van der Waals surface area contributed by atoms with E-state index in [0.29, 0.717) is 10.6 Å². The average molecular weight is 225 g/mol. The maximum Gasteiger partial charge on any atom is 0.181 e. The number of nitrogen functional groups attached to an aromatic ring is 1. The van der Waals surface area contributed by atoms with Gasteiger partial charge in [-0.3, -0.25) is 0 Å². The molecule has 0 amide bonds. The predicted octanol–water partition coefficient (Wildman–Crippen LogP) is 1.99. The van der Waals surface area contributed by atoms with Crippen molar-refractivity contribution < 1.29 is 8.42 Å². The van der Waals surface area contributed by atoms with E-state index in [9.17, 15) is 8.42 Å². The molecule has 0 saturated heterocycles. The average Bonchev–Trinajstić information content (AvgIpc) is 2.71. The predicted molar refractivity (Wildman–Crippen MR) is 60.3 cm³/mol. The minimum absolute atomic E-state index is 0.195. The SMILES string of the molecule is Nc1cccc(S(=O)(=O)C2CCCC2)c1. The molecule has 0 radical (unpaired) electrons. The molecule has 0 atom stereocenters. The molecular weight excluding hydrogens is 210 g/mol. The Balaban J connectivity index is 2.36. The molecule has 15 heavy (non-hydrogen) atoms. The van der Waals surface area contributed by atoms with Crippen molar-refractivity contribution in [2.45, 2.75) is 35.8 Å². The minimum atomic E-state index is -3.14. The van der Waals surface area contributed by atoms with Crippen molar-refractivity contribution in [3.8, 4) is 0 Å².